The number of halogens is 2. The molecule has 0 aliphatic carbocycles. The summed E-state index contributed by atoms with van der Waals surface area (Å²) in [6, 6.07) is 8.45. The van der Waals surface area contributed by atoms with Crippen LogP contribution >= 0.6 is 0 Å². The topological polar surface area (TPSA) is 35.5 Å². The van der Waals surface area contributed by atoms with E-state index in [1.807, 2.05) is 0 Å². The van der Waals surface area contributed by atoms with Crippen molar-refractivity contribution < 1.29 is 23.0 Å². The Bertz CT molecular complexity index is 739. The molecule has 23 heavy (non-hydrogen) atoms. The van der Waals surface area contributed by atoms with Crippen LogP contribution in [0.3, 0.4) is 0 Å². The van der Waals surface area contributed by atoms with E-state index < -0.39 is 11.6 Å². The van der Waals surface area contributed by atoms with Crippen LogP contribution in [0.25, 0.3) is 6.08 Å². The predicted molar refractivity (Wildman–Crippen MR) is 83.4 cm³/mol. The van der Waals surface area contributed by atoms with E-state index in [-0.39, 0.29) is 5.78 Å². The van der Waals surface area contributed by atoms with Crippen LogP contribution in [0.1, 0.15) is 21.5 Å². The lowest BCUT2D eigenvalue weighted by Gasteiger charge is -2.08. The van der Waals surface area contributed by atoms with Gasteiger partial charge in [0.1, 0.15) is 5.75 Å². The van der Waals surface area contributed by atoms with Gasteiger partial charge >= 0.3 is 0 Å². The molecular weight excluding hydrogens is 302 g/mol. The summed E-state index contributed by atoms with van der Waals surface area (Å²) in [4.78, 5) is 12.2. The number of carbonyl (C=O) groups is 1. The molecule has 0 atom stereocenters. The molecule has 0 radical (unpaired) electrons. The molecule has 0 aliphatic rings. The van der Waals surface area contributed by atoms with E-state index in [0.717, 1.165) is 17.7 Å². The summed E-state index contributed by atoms with van der Waals surface area (Å²) in [6.07, 6.45) is 2.75. The Hall–Kier alpha value is -2.53. The van der Waals surface area contributed by atoms with Crippen LogP contribution in [0, 0.1) is 11.6 Å². The minimum atomic E-state index is -0.952. The van der Waals surface area contributed by atoms with Crippen molar-refractivity contribution in [1.29, 1.82) is 0 Å². The van der Waals surface area contributed by atoms with Crippen LogP contribution < -0.4 is 4.74 Å². The number of methoxy groups -OCH3 is 2. The molecule has 0 N–H and O–H groups in total. The molecule has 3 nitrogen and oxygen atoms in total. The quantitative estimate of drug-likeness (QED) is 0.596. The highest BCUT2D eigenvalue weighted by Crippen LogP contribution is 2.21. The van der Waals surface area contributed by atoms with Gasteiger partial charge in [0.05, 0.1) is 13.7 Å². The van der Waals surface area contributed by atoms with Crippen molar-refractivity contribution in [2.24, 2.45) is 0 Å². The zero-order valence-electron chi connectivity index (χ0n) is 12.8. The van der Waals surface area contributed by atoms with Gasteiger partial charge in [-0.2, -0.15) is 0 Å². The van der Waals surface area contributed by atoms with Crippen molar-refractivity contribution in [3.8, 4) is 5.75 Å². The van der Waals surface area contributed by atoms with Crippen molar-refractivity contribution in [2.45, 2.75) is 6.61 Å². The summed E-state index contributed by atoms with van der Waals surface area (Å²) >= 11 is 0. The predicted octanol–water partition coefficient (Wildman–Crippen LogP) is 4.02. The van der Waals surface area contributed by atoms with E-state index in [1.54, 1.807) is 32.4 Å². The number of ketones is 1. The first kappa shape index (κ1) is 16.8. The molecule has 0 spiro atoms. The zero-order chi connectivity index (χ0) is 16.8. The third-order valence-corrected chi connectivity index (χ3v) is 3.24. The maximum absolute atomic E-state index is 13.1. The molecule has 2 aromatic rings. The van der Waals surface area contributed by atoms with Crippen LogP contribution in [0.5, 0.6) is 5.75 Å². The summed E-state index contributed by atoms with van der Waals surface area (Å²) in [6.45, 7) is 0.317. The molecule has 0 aliphatic heterocycles. The third-order valence-electron chi connectivity index (χ3n) is 3.24. The van der Waals surface area contributed by atoms with E-state index in [2.05, 4.69) is 0 Å². The molecule has 0 fully saturated rings. The highest BCUT2D eigenvalue weighted by Gasteiger charge is 2.08. The van der Waals surface area contributed by atoms with Gasteiger partial charge in [0.2, 0.25) is 0 Å². The van der Waals surface area contributed by atoms with Crippen LogP contribution in [0.4, 0.5) is 8.78 Å². The molecule has 0 amide bonds. The average Bonchev–Trinajstić information content (AvgIpc) is 2.56. The van der Waals surface area contributed by atoms with Crippen molar-refractivity contribution in [3.05, 3.63) is 70.8 Å². The van der Waals surface area contributed by atoms with Crippen LogP contribution in [-0.4, -0.2) is 20.0 Å². The summed E-state index contributed by atoms with van der Waals surface area (Å²) in [5.74, 6) is -1.50. The first-order valence-electron chi connectivity index (χ1n) is 6.88. The number of allylic oxidation sites excluding steroid dienone is 1. The van der Waals surface area contributed by atoms with Crippen molar-refractivity contribution in [1.82, 2.24) is 0 Å². The fourth-order valence-electron chi connectivity index (χ4n) is 2.08. The van der Waals surface area contributed by atoms with Crippen LogP contribution in [0.15, 0.2) is 42.5 Å². The molecule has 0 unspecified atom stereocenters. The molecule has 5 heteroatoms. The Kier molecular flexibility index (Phi) is 5.60. The second kappa shape index (κ2) is 7.65. The van der Waals surface area contributed by atoms with Gasteiger partial charge in [0.15, 0.2) is 17.4 Å². The van der Waals surface area contributed by atoms with E-state index >= 15 is 0 Å². The lowest BCUT2D eigenvalue weighted by molar-refractivity contribution is 0.104. The number of carbonyl (C=O) groups excluding carboxylic acids is 1. The number of ether oxygens (including phenoxy) is 2. The maximum Gasteiger partial charge on any atom is 0.185 e. The molecule has 0 aromatic heterocycles. The summed E-state index contributed by atoms with van der Waals surface area (Å²) in [7, 11) is 3.09. The molecule has 0 saturated carbocycles. The van der Waals surface area contributed by atoms with E-state index in [9.17, 15) is 13.6 Å². The summed E-state index contributed by atoms with van der Waals surface area (Å²) in [5, 5.41) is 0. The van der Waals surface area contributed by atoms with Crippen molar-refractivity contribution >= 4 is 11.9 Å². The molecule has 0 saturated heterocycles. The van der Waals surface area contributed by atoms with Gasteiger partial charge in [-0.05, 0) is 42.0 Å². The Balaban J connectivity index is 2.21. The van der Waals surface area contributed by atoms with Gasteiger partial charge in [0.25, 0.3) is 0 Å². The minimum absolute atomic E-state index is 0.255. The second-order valence-electron chi connectivity index (χ2n) is 4.83. The Morgan fingerprint density at radius 2 is 1.87 bits per heavy atom. The van der Waals surface area contributed by atoms with E-state index in [1.165, 1.54) is 18.2 Å². The zero-order valence-corrected chi connectivity index (χ0v) is 12.8. The second-order valence-corrected chi connectivity index (χ2v) is 4.83. The highest BCUT2D eigenvalue weighted by molar-refractivity contribution is 6.07. The normalized spacial score (nSPS) is 11.0. The first-order chi connectivity index (χ1) is 11.0. The molecule has 120 valence electrons. The van der Waals surface area contributed by atoms with Gasteiger partial charge in [-0.25, -0.2) is 8.78 Å². The van der Waals surface area contributed by atoms with Gasteiger partial charge < -0.3 is 9.47 Å². The van der Waals surface area contributed by atoms with E-state index in [4.69, 9.17) is 9.47 Å². The number of rotatable bonds is 6. The fraction of sp³-hybridized carbons (Fsp3) is 0.167. The summed E-state index contributed by atoms with van der Waals surface area (Å²) in [5.41, 5.74) is 1.61. The average molecular weight is 318 g/mol. The molecule has 2 rings (SSSR count). The van der Waals surface area contributed by atoms with Gasteiger partial charge in [0, 0.05) is 18.2 Å². The smallest absolute Gasteiger partial charge is 0.185 e. The van der Waals surface area contributed by atoms with Crippen molar-refractivity contribution in [2.75, 3.05) is 14.2 Å². The fourth-order valence-corrected chi connectivity index (χ4v) is 2.08. The van der Waals surface area contributed by atoms with Gasteiger partial charge in [-0.15, -0.1) is 0 Å². The Morgan fingerprint density at radius 1 is 1.09 bits per heavy atom. The SMILES string of the molecule is COCc1cc(C(=O)/C=C/c2ccc(F)c(F)c2)ccc1OC. The molecule has 0 bridgehead atoms. The lowest BCUT2D eigenvalue weighted by atomic mass is 10.1. The maximum atomic E-state index is 13.1. The monoisotopic (exact) mass is 318 g/mol. The van der Waals surface area contributed by atoms with Gasteiger partial charge in [-0.3, -0.25) is 4.79 Å². The largest absolute Gasteiger partial charge is 0.496 e. The minimum Gasteiger partial charge on any atom is -0.496 e. The number of hydrogen-bond donors (Lipinski definition) is 0. The standard InChI is InChI=1S/C18H16F2O3/c1-22-11-14-10-13(5-8-18(14)23-2)17(21)7-4-12-3-6-15(19)16(20)9-12/h3-10H,11H2,1-2H3/b7-4+. The Labute approximate surface area is 133 Å². The summed E-state index contributed by atoms with van der Waals surface area (Å²) < 4.78 is 36.3. The molecule has 2 aromatic carbocycles. The first-order valence-corrected chi connectivity index (χ1v) is 6.88. The number of hydrogen-bond acceptors (Lipinski definition) is 3. The van der Waals surface area contributed by atoms with Crippen molar-refractivity contribution in [3.63, 3.8) is 0 Å². The highest BCUT2D eigenvalue weighted by atomic mass is 19.2. The molecular formula is C18H16F2O3. The molecule has 0 heterocycles. The van der Waals surface area contributed by atoms with E-state index in [0.29, 0.717) is 23.5 Å². The lowest BCUT2D eigenvalue weighted by Crippen LogP contribution is -1.99. The Morgan fingerprint density at radius 3 is 2.52 bits per heavy atom. The third kappa shape index (κ3) is 4.23. The number of benzene rings is 2. The van der Waals surface area contributed by atoms with Gasteiger partial charge in [-0.1, -0.05) is 12.1 Å². The van der Waals surface area contributed by atoms with Crippen LogP contribution in [-0.2, 0) is 11.3 Å². The van der Waals surface area contributed by atoms with Crippen LogP contribution in [0.2, 0.25) is 0 Å².